The molecule has 0 N–H and O–H groups in total. The molecule has 0 spiro atoms. The summed E-state index contributed by atoms with van der Waals surface area (Å²) in [5.41, 5.74) is 0.816. The van der Waals surface area contributed by atoms with Crippen LogP contribution in [0, 0.1) is 0 Å². The van der Waals surface area contributed by atoms with Gasteiger partial charge in [0.1, 0.15) is 0 Å². The minimum atomic E-state index is -3.27. The Morgan fingerprint density at radius 3 is 2.75 bits per heavy atom. The largest absolute Gasteiger partial charge is 0.248 e. The van der Waals surface area contributed by atoms with Gasteiger partial charge in [0.25, 0.3) is 0 Å². The molecule has 2 heterocycles. The van der Waals surface area contributed by atoms with Crippen LogP contribution in [-0.4, -0.2) is 40.8 Å². The normalized spacial score (nSPS) is 20.3. The topological polar surface area (TPSA) is 68.1 Å². The third kappa shape index (κ3) is 2.73. The second-order valence-electron chi connectivity index (χ2n) is 4.93. The predicted octanol–water partition coefficient (Wildman–Crippen LogP) is 1.05. The van der Waals surface area contributed by atoms with Crippen LogP contribution in [0.15, 0.2) is 42.7 Å². The Kier molecular flexibility index (Phi) is 3.54. The molecule has 2 aromatic rings. The lowest BCUT2D eigenvalue weighted by Crippen LogP contribution is -2.30. The molecule has 106 valence electrons. The molecule has 7 heteroatoms. The Balaban J connectivity index is 1.70. The van der Waals surface area contributed by atoms with E-state index in [-0.39, 0.29) is 11.8 Å². The van der Waals surface area contributed by atoms with Gasteiger partial charge in [-0.1, -0.05) is 35.5 Å². The summed E-state index contributed by atoms with van der Waals surface area (Å²) in [6.07, 6.45) is 4.16. The van der Waals surface area contributed by atoms with E-state index in [4.69, 9.17) is 0 Å². The van der Waals surface area contributed by atoms with Gasteiger partial charge in [-0.3, -0.25) is 0 Å². The summed E-state index contributed by atoms with van der Waals surface area (Å²) in [5.74, 6) is 0.0535. The number of hydrogen-bond acceptors (Lipinski definition) is 4. The first-order valence-corrected chi connectivity index (χ1v) is 8.13. The Bertz CT molecular complexity index is 655. The molecular formula is C13H16N4O2S. The Morgan fingerprint density at radius 1 is 1.25 bits per heavy atom. The summed E-state index contributed by atoms with van der Waals surface area (Å²) < 4.78 is 28.1. The van der Waals surface area contributed by atoms with Gasteiger partial charge >= 0.3 is 0 Å². The van der Waals surface area contributed by atoms with Crippen LogP contribution in [0.4, 0.5) is 0 Å². The van der Waals surface area contributed by atoms with E-state index >= 15 is 0 Å². The van der Waals surface area contributed by atoms with Crippen molar-refractivity contribution in [2.45, 2.75) is 18.2 Å². The van der Waals surface area contributed by atoms with Crippen LogP contribution < -0.4 is 0 Å². The van der Waals surface area contributed by atoms with Gasteiger partial charge < -0.3 is 0 Å². The monoisotopic (exact) mass is 292 g/mol. The molecule has 20 heavy (non-hydrogen) atoms. The van der Waals surface area contributed by atoms with Crippen molar-refractivity contribution in [3.63, 3.8) is 0 Å². The van der Waals surface area contributed by atoms with Crippen molar-refractivity contribution >= 4 is 10.0 Å². The molecule has 3 rings (SSSR count). The zero-order chi connectivity index (χ0) is 14.0. The molecular weight excluding hydrogens is 276 g/mol. The van der Waals surface area contributed by atoms with E-state index in [2.05, 4.69) is 10.3 Å². The Morgan fingerprint density at radius 2 is 2.05 bits per heavy atom. The van der Waals surface area contributed by atoms with Gasteiger partial charge in [-0.25, -0.2) is 13.1 Å². The number of rotatable bonds is 4. The highest BCUT2D eigenvalue weighted by Gasteiger charge is 2.32. The predicted molar refractivity (Wildman–Crippen MR) is 74.3 cm³/mol. The highest BCUT2D eigenvalue weighted by Crippen LogP contribution is 2.24. The number of hydrogen-bond donors (Lipinski definition) is 0. The number of aromatic nitrogens is 3. The van der Waals surface area contributed by atoms with Gasteiger partial charge in [-0.05, 0) is 12.0 Å². The first-order valence-electron chi connectivity index (χ1n) is 6.53. The zero-order valence-electron chi connectivity index (χ0n) is 11.0. The van der Waals surface area contributed by atoms with Crippen LogP contribution in [-0.2, 0) is 15.8 Å². The summed E-state index contributed by atoms with van der Waals surface area (Å²) in [5, 5.41) is 7.71. The standard InChI is InChI=1S/C13H16N4O2S/c18-20(19,11-12-4-2-1-3-5-12)16-8-6-13(10-16)17-9-7-14-15-17/h1-5,7,9,13H,6,8,10-11H2. The van der Waals surface area contributed by atoms with Crippen molar-refractivity contribution < 1.29 is 8.42 Å². The maximum absolute atomic E-state index is 12.4. The Hall–Kier alpha value is -1.73. The van der Waals surface area contributed by atoms with Gasteiger partial charge in [-0.15, -0.1) is 5.10 Å². The van der Waals surface area contributed by atoms with Crippen molar-refractivity contribution in [1.82, 2.24) is 19.3 Å². The molecule has 1 aromatic carbocycles. The van der Waals surface area contributed by atoms with Gasteiger partial charge in [0.2, 0.25) is 10.0 Å². The molecule has 6 nitrogen and oxygen atoms in total. The molecule has 0 saturated carbocycles. The van der Waals surface area contributed by atoms with Crippen molar-refractivity contribution in [3.05, 3.63) is 48.3 Å². The van der Waals surface area contributed by atoms with E-state index in [1.54, 1.807) is 21.4 Å². The lowest BCUT2D eigenvalue weighted by Gasteiger charge is -2.16. The maximum atomic E-state index is 12.4. The highest BCUT2D eigenvalue weighted by molar-refractivity contribution is 7.88. The van der Waals surface area contributed by atoms with E-state index in [0.29, 0.717) is 13.1 Å². The van der Waals surface area contributed by atoms with Crippen molar-refractivity contribution in [2.24, 2.45) is 0 Å². The fourth-order valence-corrected chi connectivity index (χ4v) is 4.05. The molecule has 1 unspecified atom stereocenters. The van der Waals surface area contributed by atoms with E-state index in [9.17, 15) is 8.42 Å². The number of sulfonamides is 1. The molecule has 1 aliphatic heterocycles. The Labute approximate surface area is 118 Å². The summed E-state index contributed by atoms with van der Waals surface area (Å²) >= 11 is 0. The third-order valence-electron chi connectivity index (χ3n) is 3.53. The van der Waals surface area contributed by atoms with Crippen LogP contribution >= 0.6 is 0 Å². The lowest BCUT2D eigenvalue weighted by atomic mass is 10.2. The van der Waals surface area contributed by atoms with E-state index in [1.165, 1.54) is 0 Å². The molecule has 1 saturated heterocycles. The maximum Gasteiger partial charge on any atom is 0.218 e. The van der Waals surface area contributed by atoms with Crippen LogP contribution in [0.3, 0.4) is 0 Å². The number of benzene rings is 1. The molecule has 1 fully saturated rings. The third-order valence-corrected chi connectivity index (χ3v) is 5.34. The quantitative estimate of drug-likeness (QED) is 0.845. The molecule has 0 bridgehead atoms. The molecule has 0 aliphatic carbocycles. The fraction of sp³-hybridized carbons (Fsp3) is 0.385. The van der Waals surface area contributed by atoms with Gasteiger partial charge in [0.15, 0.2) is 0 Å². The van der Waals surface area contributed by atoms with Crippen molar-refractivity contribution in [2.75, 3.05) is 13.1 Å². The summed E-state index contributed by atoms with van der Waals surface area (Å²) in [6.45, 7) is 1.01. The van der Waals surface area contributed by atoms with Gasteiger partial charge in [0, 0.05) is 19.3 Å². The summed E-state index contributed by atoms with van der Waals surface area (Å²) in [6, 6.07) is 9.35. The van der Waals surface area contributed by atoms with Crippen LogP contribution in [0.25, 0.3) is 0 Å². The van der Waals surface area contributed by atoms with Crippen LogP contribution in [0.2, 0.25) is 0 Å². The lowest BCUT2D eigenvalue weighted by molar-refractivity contribution is 0.428. The van der Waals surface area contributed by atoms with Gasteiger partial charge in [0.05, 0.1) is 18.0 Å². The minimum absolute atomic E-state index is 0.0535. The second-order valence-corrected chi connectivity index (χ2v) is 6.89. The fourth-order valence-electron chi connectivity index (χ4n) is 2.47. The molecule has 0 radical (unpaired) electrons. The molecule has 0 amide bonds. The summed E-state index contributed by atoms with van der Waals surface area (Å²) in [7, 11) is -3.27. The van der Waals surface area contributed by atoms with Crippen molar-refractivity contribution in [1.29, 1.82) is 0 Å². The smallest absolute Gasteiger partial charge is 0.218 e. The van der Waals surface area contributed by atoms with Crippen molar-refractivity contribution in [3.8, 4) is 0 Å². The van der Waals surface area contributed by atoms with Crippen LogP contribution in [0.5, 0.6) is 0 Å². The molecule has 1 aromatic heterocycles. The van der Waals surface area contributed by atoms with Crippen LogP contribution in [0.1, 0.15) is 18.0 Å². The summed E-state index contributed by atoms with van der Waals surface area (Å²) in [4.78, 5) is 0. The SMILES string of the molecule is O=S(=O)(Cc1ccccc1)N1CCC(n2ccnn2)C1. The highest BCUT2D eigenvalue weighted by atomic mass is 32.2. The average molecular weight is 292 g/mol. The van der Waals surface area contributed by atoms with E-state index < -0.39 is 10.0 Å². The van der Waals surface area contributed by atoms with E-state index in [0.717, 1.165) is 12.0 Å². The average Bonchev–Trinajstić information content (AvgIpc) is 3.11. The number of nitrogens with zero attached hydrogens (tertiary/aromatic N) is 4. The minimum Gasteiger partial charge on any atom is -0.248 e. The first kappa shape index (κ1) is 13.3. The second kappa shape index (κ2) is 5.34. The van der Waals surface area contributed by atoms with E-state index in [1.807, 2.05) is 30.3 Å². The molecule has 1 atom stereocenters. The first-order chi connectivity index (χ1) is 9.65. The molecule has 1 aliphatic rings. The van der Waals surface area contributed by atoms with Gasteiger partial charge in [-0.2, -0.15) is 4.31 Å². The zero-order valence-corrected chi connectivity index (χ0v) is 11.8.